The number of hydrogen-bond acceptors (Lipinski definition) is 2. The van der Waals surface area contributed by atoms with Crippen molar-refractivity contribution in [3.8, 4) is 0 Å². The van der Waals surface area contributed by atoms with Gasteiger partial charge in [0.05, 0.1) is 0 Å². The highest BCUT2D eigenvalue weighted by Crippen LogP contribution is 1.93. The Morgan fingerprint density at radius 3 is 2.00 bits per heavy atom. The van der Waals surface area contributed by atoms with Gasteiger partial charge in [0.15, 0.2) is 0 Å². The Morgan fingerprint density at radius 1 is 1.80 bits per heavy atom. The third kappa shape index (κ3) is 4.31. The first kappa shape index (κ1) is 5.31. The number of rotatable bonds is 1. The highest BCUT2D eigenvalue weighted by Gasteiger charge is 1.79. The van der Waals surface area contributed by atoms with Gasteiger partial charge >= 0.3 is 0 Å². The predicted molar refractivity (Wildman–Crippen MR) is 27.2 cm³/mol. The average Bonchev–Trinajstić information content (AvgIpc) is 1.38. The number of hydrogen-bond donors (Lipinski definition) is 1. The smallest absolute Gasteiger partial charge is 0.0475 e. The summed E-state index contributed by atoms with van der Waals surface area (Å²) in [5, 5.41) is 0.301. The summed E-state index contributed by atoms with van der Waals surface area (Å²) in [7, 11) is 0. The molecule has 0 aliphatic carbocycles. The quantitative estimate of drug-likeness (QED) is 0.480. The van der Waals surface area contributed by atoms with Crippen LogP contribution >= 0.6 is 11.8 Å². The maximum atomic E-state index is 5.25. The molecule has 0 aromatic heterocycles. The summed E-state index contributed by atoms with van der Waals surface area (Å²) in [5.41, 5.74) is 5.25. The zero-order chi connectivity index (χ0) is 4.28. The molecule has 0 saturated carbocycles. The van der Waals surface area contributed by atoms with Crippen LogP contribution in [-0.4, -0.2) is 11.6 Å². The lowest BCUT2D eigenvalue weighted by atomic mass is 10.8. The van der Waals surface area contributed by atoms with E-state index in [9.17, 15) is 0 Å². The fraction of sp³-hybridized carbons (Fsp3) is 1.00. The zero-order valence-corrected chi connectivity index (χ0v) is 4.38. The van der Waals surface area contributed by atoms with E-state index in [1.807, 2.05) is 13.2 Å². The molecule has 0 bridgehead atoms. The summed E-state index contributed by atoms with van der Waals surface area (Å²) in [6, 6.07) is 0. The third-order valence-corrected chi connectivity index (χ3v) is 1.12. The summed E-state index contributed by atoms with van der Waals surface area (Å²) < 4.78 is 0. The molecule has 0 spiro atoms. The van der Waals surface area contributed by atoms with Crippen molar-refractivity contribution in [1.29, 1.82) is 0 Å². The molecular formula is C3H9NS. The Labute approximate surface area is 36.9 Å². The highest BCUT2D eigenvalue weighted by molar-refractivity contribution is 7.99. The molecular weight excluding hydrogens is 82.1 g/mol. The molecule has 0 heterocycles. The van der Waals surface area contributed by atoms with Gasteiger partial charge in [-0.3, -0.25) is 0 Å². The Bertz CT molecular complexity index is 20.9. The van der Waals surface area contributed by atoms with Gasteiger partial charge in [-0.05, 0) is 13.2 Å². The average molecular weight is 91.2 g/mol. The molecule has 0 amide bonds. The van der Waals surface area contributed by atoms with Crippen molar-refractivity contribution in [2.45, 2.75) is 12.3 Å². The van der Waals surface area contributed by atoms with Crippen molar-refractivity contribution in [2.24, 2.45) is 5.73 Å². The lowest BCUT2D eigenvalue weighted by Gasteiger charge is -1.92. The molecule has 2 heteroatoms. The molecule has 1 atom stereocenters. The first-order chi connectivity index (χ1) is 2.27. The molecule has 1 nitrogen and oxygen atoms in total. The van der Waals surface area contributed by atoms with E-state index < -0.39 is 0 Å². The first-order valence-corrected chi connectivity index (χ1v) is 2.84. The SMILES string of the molecule is CS[C@@H](C)N. The van der Waals surface area contributed by atoms with Crippen molar-refractivity contribution in [1.82, 2.24) is 0 Å². The predicted octanol–water partition coefficient (Wildman–Crippen LogP) is 0.654. The van der Waals surface area contributed by atoms with Crippen molar-refractivity contribution < 1.29 is 0 Å². The fourth-order valence-corrected chi connectivity index (χ4v) is 0. The van der Waals surface area contributed by atoms with E-state index in [0.29, 0.717) is 5.37 Å². The van der Waals surface area contributed by atoms with E-state index in [0.717, 1.165) is 0 Å². The van der Waals surface area contributed by atoms with Crippen LogP contribution in [-0.2, 0) is 0 Å². The minimum Gasteiger partial charge on any atom is -0.320 e. The van der Waals surface area contributed by atoms with Gasteiger partial charge in [0.1, 0.15) is 0 Å². The molecule has 0 aromatic carbocycles. The Balaban J connectivity index is 2.54. The second-order valence-corrected chi connectivity index (χ2v) is 2.16. The monoisotopic (exact) mass is 91.0 g/mol. The molecule has 5 heavy (non-hydrogen) atoms. The maximum absolute atomic E-state index is 5.25. The van der Waals surface area contributed by atoms with Crippen LogP contribution in [0.15, 0.2) is 0 Å². The van der Waals surface area contributed by atoms with E-state index in [4.69, 9.17) is 5.73 Å². The Hall–Kier alpha value is 0.310. The number of thioether (sulfide) groups is 1. The summed E-state index contributed by atoms with van der Waals surface area (Å²) in [6.45, 7) is 1.96. The van der Waals surface area contributed by atoms with Gasteiger partial charge in [-0.25, -0.2) is 0 Å². The van der Waals surface area contributed by atoms with Gasteiger partial charge in [0.25, 0.3) is 0 Å². The molecule has 0 rings (SSSR count). The van der Waals surface area contributed by atoms with Crippen LogP contribution in [0.1, 0.15) is 6.92 Å². The van der Waals surface area contributed by atoms with Crippen LogP contribution < -0.4 is 5.73 Å². The molecule has 0 saturated heterocycles. The van der Waals surface area contributed by atoms with E-state index in [1.54, 1.807) is 11.8 Å². The Kier molecular flexibility index (Phi) is 2.70. The molecule has 0 radical (unpaired) electrons. The van der Waals surface area contributed by atoms with Gasteiger partial charge in [0.2, 0.25) is 0 Å². The maximum Gasteiger partial charge on any atom is 0.0475 e. The van der Waals surface area contributed by atoms with Crippen LogP contribution in [0, 0.1) is 0 Å². The molecule has 2 N–H and O–H groups in total. The zero-order valence-electron chi connectivity index (χ0n) is 3.56. The number of nitrogens with two attached hydrogens (primary N) is 1. The van der Waals surface area contributed by atoms with Crippen molar-refractivity contribution >= 4 is 11.8 Å². The van der Waals surface area contributed by atoms with Crippen molar-refractivity contribution in [3.05, 3.63) is 0 Å². The standard InChI is InChI=1S/C3H9NS/c1-3(4)5-2/h3H,4H2,1-2H3/t3-/m0/s1. The molecule has 0 aliphatic rings. The van der Waals surface area contributed by atoms with E-state index >= 15 is 0 Å². The third-order valence-electron chi connectivity index (χ3n) is 0.372. The molecule has 32 valence electrons. The van der Waals surface area contributed by atoms with Gasteiger partial charge in [-0.1, -0.05) is 0 Å². The van der Waals surface area contributed by atoms with Crippen molar-refractivity contribution in [3.63, 3.8) is 0 Å². The van der Waals surface area contributed by atoms with Crippen molar-refractivity contribution in [2.75, 3.05) is 6.26 Å². The minimum atomic E-state index is 0.301. The summed E-state index contributed by atoms with van der Waals surface area (Å²) >= 11 is 1.66. The Morgan fingerprint density at radius 2 is 2.00 bits per heavy atom. The highest BCUT2D eigenvalue weighted by atomic mass is 32.2. The molecule has 0 aliphatic heterocycles. The van der Waals surface area contributed by atoms with Crippen LogP contribution in [0.5, 0.6) is 0 Å². The summed E-state index contributed by atoms with van der Waals surface area (Å²) in [4.78, 5) is 0. The second-order valence-electron chi connectivity index (χ2n) is 0.941. The van der Waals surface area contributed by atoms with Gasteiger partial charge in [-0.2, -0.15) is 0 Å². The van der Waals surface area contributed by atoms with Gasteiger partial charge < -0.3 is 5.73 Å². The lowest BCUT2D eigenvalue weighted by molar-refractivity contribution is 1.05. The fourth-order valence-electron chi connectivity index (χ4n) is 0. The summed E-state index contributed by atoms with van der Waals surface area (Å²) in [5.74, 6) is 0. The largest absolute Gasteiger partial charge is 0.320 e. The topological polar surface area (TPSA) is 26.0 Å². The first-order valence-electron chi connectivity index (χ1n) is 1.55. The van der Waals surface area contributed by atoms with Crippen LogP contribution in [0.25, 0.3) is 0 Å². The van der Waals surface area contributed by atoms with Crippen LogP contribution in [0.3, 0.4) is 0 Å². The van der Waals surface area contributed by atoms with E-state index in [2.05, 4.69) is 0 Å². The van der Waals surface area contributed by atoms with Gasteiger partial charge in [0, 0.05) is 5.37 Å². The molecule has 0 aromatic rings. The normalized spacial score (nSPS) is 15.0. The minimum absolute atomic E-state index is 0.301. The van der Waals surface area contributed by atoms with Crippen LogP contribution in [0.4, 0.5) is 0 Å². The molecule has 0 fully saturated rings. The molecule has 0 unspecified atom stereocenters. The van der Waals surface area contributed by atoms with E-state index in [-0.39, 0.29) is 0 Å². The lowest BCUT2D eigenvalue weighted by Crippen LogP contribution is -2.07. The van der Waals surface area contributed by atoms with E-state index in [1.165, 1.54) is 0 Å². The van der Waals surface area contributed by atoms with Gasteiger partial charge in [-0.15, -0.1) is 11.8 Å². The summed E-state index contributed by atoms with van der Waals surface area (Å²) in [6.07, 6.45) is 1.99. The van der Waals surface area contributed by atoms with Crippen LogP contribution in [0.2, 0.25) is 0 Å². The second kappa shape index (κ2) is 2.54.